The predicted octanol–water partition coefficient (Wildman–Crippen LogP) is 2.36. The monoisotopic (exact) mass is 334 g/mol. The highest BCUT2D eigenvalue weighted by Crippen LogP contribution is 2.15. The fraction of sp³-hybridized carbons (Fsp3) is 0.158. The van der Waals surface area contributed by atoms with E-state index in [2.05, 4.69) is 10.1 Å². The Morgan fingerprint density at radius 1 is 1.04 bits per heavy atom. The van der Waals surface area contributed by atoms with Gasteiger partial charge in [0.1, 0.15) is 6.54 Å². The van der Waals surface area contributed by atoms with Crippen molar-refractivity contribution < 1.29 is 4.79 Å². The van der Waals surface area contributed by atoms with Gasteiger partial charge in [-0.05, 0) is 37.3 Å². The standard InChI is InChI=1S/C19H18N4O2/c1-2-22(16-6-4-3-5-7-16)19(25)14-23-18(24)9-8-17(21-23)15-10-12-20-13-11-15/h3-13H,2,14H2,1H3. The highest BCUT2D eigenvalue weighted by molar-refractivity contribution is 5.93. The van der Waals surface area contributed by atoms with Gasteiger partial charge in [0, 0.05) is 36.3 Å². The van der Waals surface area contributed by atoms with Crippen molar-refractivity contribution >= 4 is 11.6 Å². The van der Waals surface area contributed by atoms with Crippen LogP contribution in [0.25, 0.3) is 11.3 Å². The van der Waals surface area contributed by atoms with E-state index in [0.29, 0.717) is 12.2 Å². The summed E-state index contributed by atoms with van der Waals surface area (Å²) in [6.45, 7) is 2.30. The summed E-state index contributed by atoms with van der Waals surface area (Å²) in [6.07, 6.45) is 3.32. The molecule has 0 unspecified atom stereocenters. The first-order valence-electron chi connectivity index (χ1n) is 8.03. The average molecular weight is 334 g/mol. The Bertz CT molecular complexity index is 907. The van der Waals surface area contributed by atoms with Crippen LogP contribution in [0.5, 0.6) is 0 Å². The normalized spacial score (nSPS) is 10.4. The highest BCUT2D eigenvalue weighted by atomic mass is 16.2. The maximum atomic E-state index is 12.7. The molecule has 1 amide bonds. The lowest BCUT2D eigenvalue weighted by Gasteiger charge is -2.21. The summed E-state index contributed by atoms with van der Waals surface area (Å²) in [6, 6.07) is 16.1. The largest absolute Gasteiger partial charge is 0.311 e. The Balaban J connectivity index is 1.87. The third kappa shape index (κ3) is 3.80. The van der Waals surface area contributed by atoms with E-state index in [-0.39, 0.29) is 18.0 Å². The number of benzene rings is 1. The predicted molar refractivity (Wildman–Crippen MR) is 96.2 cm³/mol. The summed E-state index contributed by atoms with van der Waals surface area (Å²) < 4.78 is 1.20. The van der Waals surface area contributed by atoms with Crippen molar-refractivity contribution in [1.82, 2.24) is 14.8 Å². The van der Waals surface area contributed by atoms with Crippen molar-refractivity contribution in [3.63, 3.8) is 0 Å². The summed E-state index contributed by atoms with van der Waals surface area (Å²) in [5, 5.41) is 4.32. The van der Waals surface area contributed by atoms with E-state index in [9.17, 15) is 9.59 Å². The summed E-state index contributed by atoms with van der Waals surface area (Å²) in [7, 11) is 0. The number of amides is 1. The van der Waals surface area contributed by atoms with Crippen LogP contribution in [-0.2, 0) is 11.3 Å². The topological polar surface area (TPSA) is 68.1 Å². The van der Waals surface area contributed by atoms with E-state index < -0.39 is 0 Å². The number of para-hydroxylation sites is 1. The van der Waals surface area contributed by atoms with Gasteiger partial charge in [0.25, 0.3) is 5.56 Å². The van der Waals surface area contributed by atoms with Crippen molar-refractivity contribution in [3.8, 4) is 11.3 Å². The van der Waals surface area contributed by atoms with Gasteiger partial charge in [0.2, 0.25) is 5.91 Å². The first-order valence-corrected chi connectivity index (χ1v) is 8.03. The van der Waals surface area contributed by atoms with Crippen LogP contribution in [0.1, 0.15) is 6.92 Å². The SMILES string of the molecule is CCN(C(=O)Cn1nc(-c2ccncc2)ccc1=O)c1ccccc1. The molecule has 0 fully saturated rings. The molecule has 126 valence electrons. The minimum absolute atomic E-state index is 0.111. The number of pyridine rings is 1. The van der Waals surface area contributed by atoms with Gasteiger partial charge in [-0.3, -0.25) is 14.6 Å². The van der Waals surface area contributed by atoms with E-state index in [1.165, 1.54) is 10.7 Å². The lowest BCUT2D eigenvalue weighted by molar-refractivity contribution is -0.119. The fourth-order valence-corrected chi connectivity index (χ4v) is 2.56. The first-order chi connectivity index (χ1) is 12.2. The van der Waals surface area contributed by atoms with E-state index in [0.717, 1.165) is 11.3 Å². The zero-order valence-corrected chi connectivity index (χ0v) is 13.9. The first kappa shape index (κ1) is 16.6. The van der Waals surface area contributed by atoms with Crippen LogP contribution >= 0.6 is 0 Å². The van der Waals surface area contributed by atoms with Gasteiger partial charge in [-0.25, -0.2) is 4.68 Å². The van der Waals surface area contributed by atoms with E-state index in [1.54, 1.807) is 35.5 Å². The van der Waals surface area contributed by atoms with Crippen LogP contribution in [0, 0.1) is 0 Å². The number of rotatable bonds is 5. The molecule has 0 aliphatic carbocycles. The number of aromatic nitrogens is 3. The Morgan fingerprint density at radius 3 is 2.44 bits per heavy atom. The third-order valence-corrected chi connectivity index (χ3v) is 3.81. The Labute approximate surface area is 145 Å². The molecule has 0 radical (unpaired) electrons. The van der Waals surface area contributed by atoms with E-state index in [4.69, 9.17) is 0 Å². The van der Waals surface area contributed by atoms with E-state index in [1.807, 2.05) is 37.3 Å². The molecule has 3 aromatic rings. The molecule has 0 N–H and O–H groups in total. The Kier molecular flexibility index (Phi) is 4.99. The molecule has 2 aromatic heterocycles. The minimum Gasteiger partial charge on any atom is -0.311 e. The van der Waals surface area contributed by atoms with Crippen LogP contribution in [0.3, 0.4) is 0 Å². The number of carbonyl (C=O) groups excluding carboxylic acids is 1. The van der Waals surface area contributed by atoms with Crippen molar-refractivity contribution in [1.29, 1.82) is 0 Å². The summed E-state index contributed by atoms with van der Waals surface area (Å²) in [4.78, 5) is 30.4. The molecule has 25 heavy (non-hydrogen) atoms. The summed E-state index contributed by atoms with van der Waals surface area (Å²) >= 11 is 0. The summed E-state index contributed by atoms with van der Waals surface area (Å²) in [5.74, 6) is -0.185. The number of hydrogen-bond donors (Lipinski definition) is 0. The Hall–Kier alpha value is -3.28. The van der Waals surface area contributed by atoms with Crippen LogP contribution in [0.2, 0.25) is 0 Å². The second-order valence-electron chi connectivity index (χ2n) is 5.42. The van der Waals surface area contributed by atoms with Crippen LogP contribution < -0.4 is 10.5 Å². The minimum atomic E-state index is -0.310. The number of anilines is 1. The molecular formula is C19H18N4O2. The van der Waals surface area contributed by atoms with Crippen LogP contribution in [0.4, 0.5) is 5.69 Å². The van der Waals surface area contributed by atoms with Gasteiger partial charge >= 0.3 is 0 Å². The zero-order valence-electron chi connectivity index (χ0n) is 13.9. The molecule has 2 heterocycles. The second kappa shape index (κ2) is 7.53. The van der Waals surface area contributed by atoms with Crippen molar-refractivity contribution in [2.75, 3.05) is 11.4 Å². The maximum Gasteiger partial charge on any atom is 0.267 e. The molecule has 0 bridgehead atoms. The summed E-state index contributed by atoms with van der Waals surface area (Å²) in [5.41, 5.74) is 1.95. The van der Waals surface area contributed by atoms with Crippen molar-refractivity contribution in [2.45, 2.75) is 13.5 Å². The highest BCUT2D eigenvalue weighted by Gasteiger charge is 2.15. The quantitative estimate of drug-likeness (QED) is 0.718. The number of carbonyl (C=O) groups is 1. The number of likely N-dealkylation sites (N-methyl/N-ethyl adjacent to an activating group) is 1. The molecule has 6 nitrogen and oxygen atoms in total. The van der Waals surface area contributed by atoms with Gasteiger partial charge in [0.05, 0.1) is 5.69 Å². The molecule has 3 rings (SSSR count). The number of nitrogens with zero attached hydrogens (tertiary/aromatic N) is 4. The molecule has 6 heteroatoms. The van der Waals surface area contributed by atoms with Crippen molar-refractivity contribution in [3.05, 3.63) is 77.3 Å². The number of hydrogen-bond acceptors (Lipinski definition) is 4. The molecule has 1 aromatic carbocycles. The van der Waals surface area contributed by atoms with Crippen LogP contribution in [-0.4, -0.2) is 27.2 Å². The van der Waals surface area contributed by atoms with E-state index >= 15 is 0 Å². The van der Waals surface area contributed by atoms with Crippen LogP contribution in [0.15, 0.2) is 71.8 Å². The Morgan fingerprint density at radius 2 is 1.76 bits per heavy atom. The van der Waals surface area contributed by atoms with Gasteiger partial charge in [-0.15, -0.1) is 0 Å². The molecule has 0 saturated carbocycles. The average Bonchev–Trinajstić information content (AvgIpc) is 2.66. The maximum absolute atomic E-state index is 12.7. The smallest absolute Gasteiger partial charge is 0.267 e. The van der Waals surface area contributed by atoms with Crippen molar-refractivity contribution in [2.24, 2.45) is 0 Å². The van der Waals surface area contributed by atoms with Gasteiger partial charge in [-0.1, -0.05) is 18.2 Å². The zero-order chi connectivity index (χ0) is 17.6. The lowest BCUT2D eigenvalue weighted by atomic mass is 10.2. The molecule has 0 spiro atoms. The second-order valence-corrected chi connectivity index (χ2v) is 5.42. The van der Waals surface area contributed by atoms with Gasteiger partial charge < -0.3 is 4.90 Å². The molecular weight excluding hydrogens is 316 g/mol. The van der Waals surface area contributed by atoms with Gasteiger partial charge in [-0.2, -0.15) is 5.10 Å². The molecule has 0 aliphatic heterocycles. The van der Waals surface area contributed by atoms with Gasteiger partial charge in [0.15, 0.2) is 0 Å². The fourth-order valence-electron chi connectivity index (χ4n) is 2.56. The molecule has 0 atom stereocenters. The lowest BCUT2D eigenvalue weighted by Crippen LogP contribution is -2.37. The third-order valence-electron chi connectivity index (χ3n) is 3.81. The molecule has 0 aliphatic rings. The molecule has 0 saturated heterocycles.